The molecule has 0 saturated heterocycles. The van der Waals surface area contributed by atoms with Gasteiger partial charge in [0, 0.05) is 11.6 Å². The van der Waals surface area contributed by atoms with Gasteiger partial charge in [0.1, 0.15) is 0 Å². The monoisotopic (exact) mass is 288 g/mol. The second kappa shape index (κ2) is 9.53. The third-order valence-corrected chi connectivity index (χ3v) is 2.58. The Balaban J connectivity index is 2.10. The number of unbranched alkanes of at least 4 members (excludes halogenated alkanes) is 1. The van der Waals surface area contributed by atoms with Crippen molar-refractivity contribution in [1.29, 1.82) is 0 Å². The highest BCUT2D eigenvalue weighted by Gasteiger charge is 2.02. The van der Waals surface area contributed by atoms with Gasteiger partial charge in [-0.3, -0.25) is 0 Å². The van der Waals surface area contributed by atoms with Gasteiger partial charge in [0.15, 0.2) is 0 Å². The van der Waals surface area contributed by atoms with Gasteiger partial charge in [-0.15, -0.1) is 0 Å². The Morgan fingerprint density at radius 1 is 1.10 bits per heavy atom. The van der Waals surface area contributed by atoms with E-state index in [1.807, 2.05) is 30.3 Å². The molecule has 0 aliphatic heterocycles. The van der Waals surface area contributed by atoms with Crippen LogP contribution in [0.1, 0.15) is 25.3 Å². The molecule has 1 aromatic rings. The van der Waals surface area contributed by atoms with Crippen molar-refractivity contribution in [3.05, 3.63) is 54.1 Å². The van der Waals surface area contributed by atoms with E-state index in [2.05, 4.69) is 6.58 Å². The van der Waals surface area contributed by atoms with Gasteiger partial charge < -0.3 is 9.47 Å². The zero-order valence-corrected chi connectivity index (χ0v) is 12.2. The smallest absolute Gasteiger partial charge is 0.333 e. The third-order valence-electron chi connectivity index (χ3n) is 2.58. The maximum atomic E-state index is 11.4. The lowest BCUT2D eigenvalue weighted by Crippen LogP contribution is -2.08. The zero-order chi connectivity index (χ0) is 15.5. The molecule has 0 bridgehead atoms. The molecule has 1 rings (SSSR count). The van der Waals surface area contributed by atoms with E-state index in [1.54, 1.807) is 13.0 Å². The summed E-state index contributed by atoms with van der Waals surface area (Å²) in [7, 11) is 0. The van der Waals surface area contributed by atoms with Crippen molar-refractivity contribution in [2.24, 2.45) is 0 Å². The Hall–Kier alpha value is -2.36. The molecule has 21 heavy (non-hydrogen) atoms. The summed E-state index contributed by atoms with van der Waals surface area (Å²) in [6.07, 6.45) is 4.40. The molecular weight excluding hydrogens is 268 g/mol. The van der Waals surface area contributed by atoms with Crippen molar-refractivity contribution in [1.82, 2.24) is 0 Å². The average molecular weight is 288 g/mol. The second-order valence-corrected chi connectivity index (χ2v) is 4.53. The molecule has 0 radical (unpaired) electrons. The van der Waals surface area contributed by atoms with E-state index in [4.69, 9.17) is 9.47 Å². The predicted molar refractivity (Wildman–Crippen MR) is 81.4 cm³/mol. The maximum absolute atomic E-state index is 11.4. The highest BCUT2D eigenvalue weighted by atomic mass is 16.5. The van der Waals surface area contributed by atoms with Gasteiger partial charge in [-0.05, 0) is 31.4 Å². The van der Waals surface area contributed by atoms with E-state index >= 15 is 0 Å². The molecule has 0 N–H and O–H groups in total. The van der Waals surface area contributed by atoms with Crippen molar-refractivity contribution in [2.45, 2.75) is 19.8 Å². The van der Waals surface area contributed by atoms with Crippen LogP contribution in [0.2, 0.25) is 0 Å². The summed E-state index contributed by atoms with van der Waals surface area (Å²) in [6, 6.07) is 9.52. The van der Waals surface area contributed by atoms with Crippen molar-refractivity contribution in [2.75, 3.05) is 13.2 Å². The number of carbonyl (C=O) groups is 2. The SMILES string of the molecule is C=C(C)C(=O)OCCCCOC(=O)C=Cc1ccccc1. The molecule has 0 spiro atoms. The average Bonchev–Trinajstić information content (AvgIpc) is 2.49. The van der Waals surface area contributed by atoms with E-state index in [0.29, 0.717) is 31.6 Å². The van der Waals surface area contributed by atoms with Crippen LogP contribution in [0.25, 0.3) is 6.08 Å². The van der Waals surface area contributed by atoms with Crippen LogP contribution >= 0.6 is 0 Å². The molecule has 0 aromatic heterocycles. The number of esters is 2. The summed E-state index contributed by atoms with van der Waals surface area (Å²) in [5.74, 6) is -0.768. The minimum absolute atomic E-state index is 0.308. The summed E-state index contributed by atoms with van der Waals surface area (Å²) in [5, 5.41) is 0. The van der Waals surface area contributed by atoms with E-state index in [1.165, 1.54) is 6.08 Å². The largest absolute Gasteiger partial charge is 0.463 e. The molecular formula is C17H20O4. The van der Waals surface area contributed by atoms with Crippen LogP contribution in [0, 0.1) is 0 Å². The predicted octanol–water partition coefficient (Wildman–Crippen LogP) is 3.14. The summed E-state index contributed by atoms with van der Waals surface area (Å²) in [6.45, 7) is 5.70. The van der Waals surface area contributed by atoms with Crippen molar-refractivity contribution >= 4 is 18.0 Å². The van der Waals surface area contributed by atoms with Crippen molar-refractivity contribution in [3.63, 3.8) is 0 Å². The maximum Gasteiger partial charge on any atom is 0.333 e. The lowest BCUT2D eigenvalue weighted by Gasteiger charge is -2.04. The fraction of sp³-hybridized carbons (Fsp3) is 0.294. The Bertz CT molecular complexity index is 503. The minimum Gasteiger partial charge on any atom is -0.463 e. The Labute approximate surface area is 125 Å². The summed E-state index contributed by atoms with van der Waals surface area (Å²) >= 11 is 0. The van der Waals surface area contributed by atoms with Gasteiger partial charge in [-0.25, -0.2) is 9.59 Å². The lowest BCUT2D eigenvalue weighted by molar-refractivity contribution is -0.140. The normalized spacial score (nSPS) is 10.3. The van der Waals surface area contributed by atoms with Crippen LogP contribution in [-0.2, 0) is 19.1 Å². The molecule has 0 fully saturated rings. The standard InChI is InChI=1S/C17H20O4/c1-14(2)17(19)21-13-7-6-12-20-16(18)11-10-15-8-4-3-5-9-15/h3-5,8-11H,1,6-7,12-13H2,2H3. The van der Waals surface area contributed by atoms with Gasteiger partial charge >= 0.3 is 11.9 Å². The summed E-state index contributed by atoms with van der Waals surface area (Å²) < 4.78 is 9.96. The number of ether oxygens (including phenoxy) is 2. The topological polar surface area (TPSA) is 52.6 Å². The molecule has 4 nitrogen and oxygen atoms in total. The number of hydrogen-bond acceptors (Lipinski definition) is 4. The zero-order valence-electron chi connectivity index (χ0n) is 12.2. The Morgan fingerprint density at radius 3 is 2.33 bits per heavy atom. The number of rotatable bonds is 8. The van der Waals surface area contributed by atoms with E-state index in [-0.39, 0.29) is 5.97 Å². The van der Waals surface area contributed by atoms with E-state index < -0.39 is 5.97 Å². The highest BCUT2D eigenvalue weighted by Crippen LogP contribution is 2.01. The molecule has 0 unspecified atom stereocenters. The van der Waals surface area contributed by atoms with Crippen LogP contribution in [-0.4, -0.2) is 25.2 Å². The lowest BCUT2D eigenvalue weighted by atomic mass is 10.2. The Morgan fingerprint density at radius 2 is 1.71 bits per heavy atom. The van der Waals surface area contributed by atoms with Gasteiger partial charge in [0.25, 0.3) is 0 Å². The fourth-order valence-electron chi connectivity index (χ4n) is 1.44. The van der Waals surface area contributed by atoms with Crippen molar-refractivity contribution in [3.8, 4) is 0 Å². The Kier molecular flexibility index (Phi) is 7.58. The van der Waals surface area contributed by atoms with E-state index in [9.17, 15) is 9.59 Å². The quantitative estimate of drug-likeness (QED) is 0.419. The molecule has 0 saturated carbocycles. The summed E-state index contributed by atoms with van der Waals surface area (Å²) in [5.41, 5.74) is 1.33. The third kappa shape index (κ3) is 7.72. The number of benzene rings is 1. The van der Waals surface area contributed by atoms with Crippen LogP contribution < -0.4 is 0 Å². The number of carbonyl (C=O) groups excluding carboxylic acids is 2. The molecule has 112 valence electrons. The first-order valence-electron chi connectivity index (χ1n) is 6.82. The van der Waals surface area contributed by atoms with Crippen LogP contribution in [0.4, 0.5) is 0 Å². The second-order valence-electron chi connectivity index (χ2n) is 4.53. The van der Waals surface area contributed by atoms with Crippen molar-refractivity contribution < 1.29 is 19.1 Å². The molecule has 0 heterocycles. The van der Waals surface area contributed by atoms with Crippen LogP contribution in [0.15, 0.2) is 48.6 Å². The molecule has 4 heteroatoms. The number of hydrogen-bond donors (Lipinski definition) is 0. The molecule has 0 aliphatic rings. The van der Waals surface area contributed by atoms with Crippen LogP contribution in [0.3, 0.4) is 0 Å². The first-order valence-corrected chi connectivity index (χ1v) is 6.82. The fourth-order valence-corrected chi connectivity index (χ4v) is 1.44. The van der Waals surface area contributed by atoms with Gasteiger partial charge in [0.05, 0.1) is 13.2 Å². The first kappa shape index (κ1) is 16.7. The van der Waals surface area contributed by atoms with Gasteiger partial charge in [-0.2, -0.15) is 0 Å². The first-order chi connectivity index (χ1) is 10.1. The van der Waals surface area contributed by atoms with Crippen LogP contribution in [0.5, 0.6) is 0 Å². The minimum atomic E-state index is -0.391. The highest BCUT2D eigenvalue weighted by molar-refractivity contribution is 5.87. The molecule has 0 atom stereocenters. The summed E-state index contributed by atoms with van der Waals surface area (Å²) in [4.78, 5) is 22.5. The molecule has 0 aliphatic carbocycles. The van der Waals surface area contributed by atoms with Gasteiger partial charge in [-0.1, -0.05) is 36.9 Å². The van der Waals surface area contributed by atoms with E-state index in [0.717, 1.165) is 5.56 Å². The molecule has 0 amide bonds. The van der Waals surface area contributed by atoms with Gasteiger partial charge in [0.2, 0.25) is 0 Å². The molecule has 1 aromatic carbocycles.